The molecule has 20 heavy (non-hydrogen) atoms. The van der Waals surface area contributed by atoms with Crippen LogP contribution in [-0.2, 0) is 6.54 Å². The van der Waals surface area contributed by atoms with Gasteiger partial charge in [-0.15, -0.1) is 11.3 Å². The molecular weight excluding hydrogens is 315 g/mol. The smallest absolute Gasteiger partial charge is 0.183 e. The van der Waals surface area contributed by atoms with Crippen molar-refractivity contribution in [2.24, 2.45) is 0 Å². The number of halogens is 2. The van der Waals surface area contributed by atoms with Gasteiger partial charge in [0.15, 0.2) is 4.47 Å². The van der Waals surface area contributed by atoms with Crippen LogP contribution < -0.4 is 5.32 Å². The second kappa shape index (κ2) is 5.83. The summed E-state index contributed by atoms with van der Waals surface area (Å²) in [5.74, 6) is 0. The Morgan fingerprint density at radius 1 is 1.25 bits per heavy atom. The maximum atomic E-state index is 6.07. The summed E-state index contributed by atoms with van der Waals surface area (Å²) in [4.78, 5) is 5.08. The molecule has 0 atom stereocenters. The first-order valence-corrected chi connectivity index (χ1v) is 7.43. The van der Waals surface area contributed by atoms with Crippen LogP contribution in [0.25, 0.3) is 11.3 Å². The molecule has 0 saturated carbocycles. The summed E-state index contributed by atoms with van der Waals surface area (Å²) in [6.45, 7) is 0.645. The molecule has 1 aromatic carbocycles. The first kappa shape index (κ1) is 13.4. The molecule has 0 aliphatic rings. The summed E-state index contributed by atoms with van der Waals surface area (Å²) < 4.78 is 0.543. The van der Waals surface area contributed by atoms with E-state index in [0.29, 0.717) is 16.0 Å². The van der Waals surface area contributed by atoms with E-state index >= 15 is 0 Å². The van der Waals surface area contributed by atoms with Crippen molar-refractivity contribution in [3.63, 3.8) is 0 Å². The van der Waals surface area contributed by atoms with Gasteiger partial charge in [-0.1, -0.05) is 23.2 Å². The van der Waals surface area contributed by atoms with Crippen molar-refractivity contribution in [2.75, 3.05) is 5.32 Å². The number of hydrogen-bond acceptors (Lipinski definition) is 4. The maximum absolute atomic E-state index is 6.07. The topological polar surface area (TPSA) is 53.6 Å². The lowest BCUT2D eigenvalue weighted by Crippen LogP contribution is -1.99. The van der Waals surface area contributed by atoms with Gasteiger partial charge in [0, 0.05) is 33.5 Å². The summed E-state index contributed by atoms with van der Waals surface area (Å²) in [6.07, 6.45) is 3.48. The Bertz CT molecular complexity index is 709. The predicted octanol–water partition coefficient (Wildman–Crippen LogP) is 4.45. The van der Waals surface area contributed by atoms with E-state index in [-0.39, 0.29) is 0 Å². The van der Waals surface area contributed by atoms with Crippen LogP contribution in [0.2, 0.25) is 9.49 Å². The van der Waals surface area contributed by atoms with Gasteiger partial charge in [-0.05, 0) is 24.3 Å². The Balaban J connectivity index is 1.86. The van der Waals surface area contributed by atoms with Gasteiger partial charge in [0.25, 0.3) is 0 Å². The third-order valence-corrected chi connectivity index (χ3v) is 4.10. The van der Waals surface area contributed by atoms with Crippen LogP contribution in [-0.4, -0.2) is 15.2 Å². The fraction of sp³-hybridized carbons (Fsp3) is 0.0769. The molecule has 7 heteroatoms. The van der Waals surface area contributed by atoms with Crippen molar-refractivity contribution in [3.8, 4) is 11.3 Å². The molecule has 2 aromatic heterocycles. The van der Waals surface area contributed by atoms with Crippen LogP contribution in [0.1, 0.15) is 4.88 Å². The van der Waals surface area contributed by atoms with E-state index in [2.05, 4.69) is 20.5 Å². The minimum Gasteiger partial charge on any atom is -0.379 e. The number of anilines is 1. The van der Waals surface area contributed by atoms with Crippen molar-refractivity contribution in [1.82, 2.24) is 15.2 Å². The molecule has 2 N–H and O–H groups in total. The van der Waals surface area contributed by atoms with Crippen LogP contribution >= 0.6 is 34.5 Å². The van der Waals surface area contributed by atoms with Crippen LogP contribution in [0, 0.1) is 0 Å². The standard InChI is InChI=1S/C13H10Cl2N4S/c14-8-1-2-10(11-3-4-18-19-11)12(5-8)16-6-9-7-17-13(15)20-9/h1-5,7,16H,6H2,(H,18,19). The van der Waals surface area contributed by atoms with Crippen LogP contribution in [0.15, 0.2) is 36.7 Å². The average Bonchev–Trinajstić information content (AvgIpc) is 3.08. The molecule has 0 bridgehead atoms. The van der Waals surface area contributed by atoms with E-state index in [1.165, 1.54) is 11.3 Å². The Morgan fingerprint density at radius 2 is 2.15 bits per heavy atom. The van der Waals surface area contributed by atoms with Gasteiger partial charge in [0.2, 0.25) is 0 Å². The van der Waals surface area contributed by atoms with Crippen molar-refractivity contribution in [2.45, 2.75) is 6.54 Å². The Labute approximate surface area is 129 Å². The van der Waals surface area contributed by atoms with Crippen molar-refractivity contribution >= 4 is 40.2 Å². The van der Waals surface area contributed by atoms with Crippen LogP contribution in [0.3, 0.4) is 0 Å². The van der Waals surface area contributed by atoms with E-state index in [9.17, 15) is 0 Å². The summed E-state index contributed by atoms with van der Waals surface area (Å²) in [6, 6.07) is 7.61. The minimum atomic E-state index is 0.543. The highest BCUT2D eigenvalue weighted by Gasteiger charge is 2.08. The molecule has 3 rings (SSSR count). The zero-order valence-electron chi connectivity index (χ0n) is 10.2. The van der Waals surface area contributed by atoms with Gasteiger partial charge in [-0.3, -0.25) is 5.10 Å². The number of H-pyrrole nitrogens is 1. The molecule has 0 aliphatic heterocycles. The van der Waals surface area contributed by atoms with Crippen molar-refractivity contribution < 1.29 is 0 Å². The number of rotatable bonds is 4. The van der Waals surface area contributed by atoms with Crippen LogP contribution in [0.4, 0.5) is 5.69 Å². The SMILES string of the molecule is Clc1ccc(-c2ccn[nH]2)c(NCc2cnc(Cl)s2)c1. The fourth-order valence-corrected chi connectivity index (χ4v) is 2.94. The van der Waals surface area contributed by atoms with Crippen molar-refractivity contribution in [3.05, 3.63) is 51.0 Å². The van der Waals surface area contributed by atoms with Crippen molar-refractivity contribution in [1.29, 1.82) is 0 Å². The number of nitrogens with one attached hydrogen (secondary N) is 2. The largest absolute Gasteiger partial charge is 0.379 e. The quantitative estimate of drug-likeness (QED) is 0.745. The zero-order valence-corrected chi connectivity index (χ0v) is 12.6. The Morgan fingerprint density at radius 3 is 2.85 bits per heavy atom. The average molecular weight is 325 g/mol. The number of nitrogens with zero attached hydrogens (tertiary/aromatic N) is 2. The first-order valence-electron chi connectivity index (χ1n) is 5.86. The molecule has 102 valence electrons. The predicted molar refractivity (Wildman–Crippen MR) is 83.5 cm³/mol. The Kier molecular flexibility index (Phi) is 3.91. The molecule has 2 heterocycles. The lowest BCUT2D eigenvalue weighted by atomic mass is 10.1. The van der Waals surface area contributed by atoms with E-state index in [1.54, 1.807) is 12.4 Å². The molecule has 3 aromatic rings. The molecule has 0 unspecified atom stereocenters. The van der Waals surface area contributed by atoms with Gasteiger partial charge in [-0.2, -0.15) is 5.10 Å². The third-order valence-electron chi connectivity index (χ3n) is 2.75. The summed E-state index contributed by atoms with van der Waals surface area (Å²) >= 11 is 13.3. The zero-order chi connectivity index (χ0) is 13.9. The van der Waals surface area contributed by atoms with E-state index in [0.717, 1.165) is 21.8 Å². The molecule has 0 radical (unpaired) electrons. The molecular formula is C13H10Cl2N4S. The first-order chi connectivity index (χ1) is 9.72. The molecule has 0 spiro atoms. The lowest BCUT2D eigenvalue weighted by molar-refractivity contribution is 1.09. The van der Waals surface area contributed by atoms with Gasteiger partial charge in [0.1, 0.15) is 0 Å². The normalized spacial score (nSPS) is 10.7. The number of thiazole rings is 1. The highest BCUT2D eigenvalue weighted by molar-refractivity contribution is 7.15. The summed E-state index contributed by atoms with van der Waals surface area (Å²) in [5, 5.41) is 11.0. The lowest BCUT2D eigenvalue weighted by Gasteiger charge is -2.10. The number of aromatic amines is 1. The summed E-state index contributed by atoms with van der Waals surface area (Å²) in [7, 11) is 0. The van der Waals surface area contributed by atoms with E-state index in [4.69, 9.17) is 23.2 Å². The highest BCUT2D eigenvalue weighted by atomic mass is 35.5. The maximum Gasteiger partial charge on any atom is 0.183 e. The molecule has 0 fully saturated rings. The fourth-order valence-electron chi connectivity index (χ4n) is 1.85. The molecule has 0 amide bonds. The molecule has 0 saturated heterocycles. The monoisotopic (exact) mass is 324 g/mol. The number of hydrogen-bond donors (Lipinski definition) is 2. The van der Waals surface area contributed by atoms with E-state index in [1.807, 2.05) is 24.3 Å². The number of benzene rings is 1. The van der Waals surface area contributed by atoms with Crippen LogP contribution in [0.5, 0.6) is 0 Å². The second-order valence-corrected chi connectivity index (χ2v) is 6.23. The Hall–Kier alpha value is -1.56. The van der Waals surface area contributed by atoms with Gasteiger partial charge >= 0.3 is 0 Å². The minimum absolute atomic E-state index is 0.543. The third kappa shape index (κ3) is 2.95. The molecule has 0 aliphatic carbocycles. The summed E-state index contributed by atoms with van der Waals surface area (Å²) in [5.41, 5.74) is 2.89. The van der Waals surface area contributed by atoms with Gasteiger partial charge < -0.3 is 5.32 Å². The highest BCUT2D eigenvalue weighted by Crippen LogP contribution is 2.30. The van der Waals surface area contributed by atoms with Gasteiger partial charge in [-0.25, -0.2) is 4.98 Å². The second-order valence-electron chi connectivity index (χ2n) is 4.09. The van der Waals surface area contributed by atoms with Gasteiger partial charge in [0.05, 0.1) is 12.2 Å². The molecule has 4 nitrogen and oxygen atoms in total. The van der Waals surface area contributed by atoms with E-state index < -0.39 is 0 Å². The number of aromatic nitrogens is 3.